The summed E-state index contributed by atoms with van der Waals surface area (Å²) >= 11 is 5.14. The molecule has 1 amide bonds. The minimum absolute atomic E-state index is 0.475. The average molecular weight is 180 g/mol. The van der Waals surface area contributed by atoms with Crippen molar-refractivity contribution in [1.29, 1.82) is 0 Å². The van der Waals surface area contributed by atoms with Gasteiger partial charge in [-0.15, -0.1) is 11.6 Å². The van der Waals surface area contributed by atoms with Crippen molar-refractivity contribution in [2.75, 3.05) is 0 Å². The second-order valence-electron chi connectivity index (χ2n) is 1.56. The first-order valence-corrected chi connectivity index (χ1v) is 3.14. The Kier molecular flexibility index (Phi) is 8.13. The van der Waals surface area contributed by atoms with E-state index in [1.54, 1.807) is 0 Å². The van der Waals surface area contributed by atoms with Gasteiger partial charge in [-0.25, -0.2) is 4.79 Å². The minimum Gasteiger partial charge on any atom is -0.478 e. The van der Waals surface area contributed by atoms with Gasteiger partial charge in [0.05, 0.1) is 0 Å². The fourth-order valence-corrected chi connectivity index (χ4v) is 0. The van der Waals surface area contributed by atoms with Gasteiger partial charge in [0.25, 0.3) is 0 Å². The summed E-state index contributed by atoms with van der Waals surface area (Å²) in [6, 6.07) is 0. The Labute approximate surface area is 69.6 Å². The highest BCUT2D eigenvalue weighted by Crippen LogP contribution is 1.87. The molecular weight excluding hydrogens is 170 g/mol. The van der Waals surface area contributed by atoms with Gasteiger partial charge in [-0.05, 0) is 6.92 Å². The third-order valence-electron chi connectivity index (χ3n) is 0.567. The van der Waals surface area contributed by atoms with Crippen LogP contribution in [0.5, 0.6) is 0 Å². The number of aliphatic carboxylic acids is 1. The lowest BCUT2D eigenvalue weighted by Crippen LogP contribution is -2.19. The van der Waals surface area contributed by atoms with Crippen LogP contribution < -0.4 is 5.73 Å². The summed E-state index contributed by atoms with van der Waals surface area (Å²) in [7, 11) is 0. The predicted molar refractivity (Wildman–Crippen MR) is 42.3 cm³/mol. The third-order valence-corrected chi connectivity index (χ3v) is 0.782. The number of carboxylic acid groups (broad SMARTS) is 1. The topological polar surface area (TPSA) is 80.4 Å². The van der Waals surface area contributed by atoms with Gasteiger partial charge < -0.3 is 10.8 Å². The summed E-state index contributed by atoms with van der Waals surface area (Å²) in [4.78, 5) is 19.0. The van der Waals surface area contributed by atoms with Gasteiger partial charge in [0.15, 0.2) is 0 Å². The SMILES string of the molecule is C=CC(=O)O.CC(Cl)C(N)=O. The number of halogens is 1. The molecule has 0 rings (SSSR count). The van der Waals surface area contributed by atoms with Crippen LogP contribution in [-0.2, 0) is 9.59 Å². The van der Waals surface area contributed by atoms with E-state index in [4.69, 9.17) is 16.7 Å². The molecule has 0 radical (unpaired) electrons. The van der Waals surface area contributed by atoms with Gasteiger partial charge in [-0.2, -0.15) is 0 Å². The molecule has 0 bridgehead atoms. The number of carboxylic acids is 1. The molecule has 0 fully saturated rings. The van der Waals surface area contributed by atoms with Gasteiger partial charge in [0.2, 0.25) is 5.91 Å². The van der Waals surface area contributed by atoms with Crippen molar-refractivity contribution in [3.63, 3.8) is 0 Å². The number of carbonyl (C=O) groups is 2. The van der Waals surface area contributed by atoms with E-state index in [9.17, 15) is 9.59 Å². The summed E-state index contributed by atoms with van der Waals surface area (Å²) in [5, 5.41) is 7.07. The molecule has 0 heterocycles. The zero-order chi connectivity index (χ0) is 9.44. The molecule has 1 unspecified atom stereocenters. The monoisotopic (exact) mass is 179 g/mol. The highest BCUT2D eigenvalue weighted by molar-refractivity contribution is 6.30. The van der Waals surface area contributed by atoms with Crippen LogP contribution in [-0.4, -0.2) is 22.4 Å². The zero-order valence-electron chi connectivity index (χ0n) is 6.08. The first kappa shape index (κ1) is 12.6. The number of alkyl halides is 1. The molecule has 0 aliphatic rings. The quantitative estimate of drug-likeness (QED) is 0.474. The van der Waals surface area contributed by atoms with E-state index in [0.29, 0.717) is 0 Å². The molecular formula is C6H10ClNO3. The van der Waals surface area contributed by atoms with Crippen LogP contribution in [0.4, 0.5) is 0 Å². The van der Waals surface area contributed by atoms with Crippen molar-refractivity contribution < 1.29 is 14.7 Å². The van der Waals surface area contributed by atoms with Crippen molar-refractivity contribution in [3.05, 3.63) is 12.7 Å². The Morgan fingerprint density at radius 3 is 1.91 bits per heavy atom. The van der Waals surface area contributed by atoms with E-state index in [1.807, 2.05) is 0 Å². The van der Waals surface area contributed by atoms with Crippen LogP contribution in [0, 0.1) is 0 Å². The molecule has 3 N–H and O–H groups in total. The van der Waals surface area contributed by atoms with E-state index in [2.05, 4.69) is 12.3 Å². The van der Waals surface area contributed by atoms with Crippen molar-refractivity contribution in [1.82, 2.24) is 0 Å². The number of carbonyl (C=O) groups excluding carboxylic acids is 1. The average Bonchev–Trinajstić information content (AvgIpc) is 1.89. The van der Waals surface area contributed by atoms with Crippen LogP contribution in [0.15, 0.2) is 12.7 Å². The molecule has 4 nitrogen and oxygen atoms in total. The van der Waals surface area contributed by atoms with Crippen molar-refractivity contribution >= 4 is 23.5 Å². The van der Waals surface area contributed by atoms with E-state index < -0.39 is 17.3 Å². The summed E-state index contributed by atoms with van der Waals surface area (Å²) in [5.74, 6) is -1.46. The van der Waals surface area contributed by atoms with Crippen LogP contribution in [0.1, 0.15) is 6.92 Å². The molecule has 0 aromatic heterocycles. The predicted octanol–water partition coefficient (Wildman–Crippen LogP) is 0.356. The largest absolute Gasteiger partial charge is 0.478 e. The van der Waals surface area contributed by atoms with E-state index in [0.717, 1.165) is 6.08 Å². The maximum Gasteiger partial charge on any atom is 0.327 e. The third kappa shape index (κ3) is 17.6. The first-order valence-electron chi connectivity index (χ1n) is 2.70. The number of hydrogen-bond donors (Lipinski definition) is 2. The van der Waals surface area contributed by atoms with Gasteiger partial charge in [0.1, 0.15) is 5.38 Å². The summed E-state index contributed by atoms with van der Waals surface area (Å²) in [6.45, 7) is 4.49. The molecule has 11 heavy (non-hydrogen) atoms. The maximum absolute atomic E-state index is 9.79. The van der Waals surface area contributed by atoms with Crippen molar-refractivity contribution in [3.8, 4) is 0 Å². The smallest absolute Gasteiger partial charge is 0.327 e. The molecule has 0 saturated heterocycles. The zero-order valence-corrected chi connectivity index (χ0v) is 6.84. The molecule has 0 saturated carbocycles. The number of nitrogens with two attached hydrogens (primary N) is 1. The summed E-state index contributed by atoms with van der Waals surface area (Å²) in [6.07, 6.45) is 0.833. The number of rotatable bonds is 2. The Balaban J connectivity index is 0. The molecule has 0 aliphatic heterocycles. The number of amides is 1. The lowest BCUT2D eigenvalue weighted by atomic mass is 10.5. The second-order valence-corrected chi connectivity index (χ2v) is 2.22. The molecule has 0 aromatic rings. The molecule has 0 spiro atoms. The molecule has 0 aliphatic carbocycles. The Morgan fingerprint density at radius 1 is 1.73 bits per heavy atom. The second kappa shape index (κ2) is 7.08. The lowest BCUT2D eigenvalue weighted by Gasteiger charge is -1.88. The fraction of sp³-hybridized carbons (Fsp3) is 0.333. The van der Waals surface area contributed by atoms with Crippen LogP contribution in [0.25, 0.3) is 0 Å². The lowest BCUT2D eigenvalue weighted by molar-refractivity contribution is -0.131. The van der Waals surface area contributed by atoms with Gasteiger partial charge in [-0.1, -0.05) is 6.58 Å². The maximum atomic E-state index is 9.79. The molecule has 1 atom stereocenters. The van der Waals surface area contributed by atoms with E-state index in [1.165, 1.54) is 6.92 Å². The normalized spacial score (nSPS) is 10.4. The molecule has 5 heteroatoms. The molecule has 0 aromatic carbocycles. The van der Waals surface area contributed by atoms with E-state index in [-0.39, 0.29) is 0 Å². The Hall–Kier alpha value is -1.03. The van der Waals surface area contributed by atoms with Crippen molar-refractivity contribution in [2.45, 2.75) is 12.3 Å². The summed E-state index contributed by atoms with van der Waals surface area (Å²) in [5.41, 5.74) is 4.66. The van der Waals surface area contributed by atoms with Crippen LogP contribution in [0.3, 0.4) is 0 Å². The number of hydrogen-bond acceptors (Lipinski definition) is 2. The highest BCUT2D eigenvalue weighted by Gasteiger charge is 1.99. The van der Waals surface area contributed by atoms with Crippen molar-refractivity contribution in [2.24, 2.45) is 5.73 Å². The Morgan fingerprint density at radius 2 is 1.91 bits per heavy atom. The summed E-state index contributed by atoms with van der Waals surface area (Å²) < 4.78 is 0. The molecule has 64 valence electrons. The number of primary amides is 1. The minimum atomic E-state index is -0.981. The van der Waals surface area contributed by atoms with Gasteiger partial charge in [-0.3, -0.25) is 4.79 Å². The fourth-order valence-electron chi connectivity index (χ4n) is 0. The standard InChI is InChI=1S/C3H6ClNO.C3H4O2/c1-2(4)3(5)6;1-2-3(4)5/h2H,1H3,(H2,5,6);2H,1H2,(H,4,5). The van der Waals surface area contributed by atoms with Crippen LogP contribution >= 0.6 is 11.6 Å². The first-order chi connectivity index (χ1) is 4.91. The highest BCUT2D eigenvalue weighted by atomic mass is 35.5. The van der Waals surface area contributed by atoms with E-state index >= 15 is 0 Å². The van der Waals surface area contributed by atoms with Crippen LogP contribution in [0.2, 0.25) is 0 Å². The Bertz CT molecular complexity index is 156. The van der Waals surface area contributed by atoms with Gasteiger partial charge in [0, 0.05) is 6.08 Å². The van der Waals surface area contributed by atoms with Gasteiger partial charge >= 0.3 is 5.97 Å².